The molecule has 0 radical (unpaired) electrons. The number of rotatable bonds is 4. The van der Waals surface area contributed by atoms with E-state index in [1.54, 1.807) is 0 Å². The van der Waals surface area contributed by atoms with Crippen molar-refractivity contribution in [3.8, 4) is 0 Å². The van der Waals surface area contributed by atoms with Crippen LogP contribution in [0.25, 0.3) is 0 Å². The van der Waals surface area contributed by atoms with Crippen molar-refractivity contribution in [2.45, 2.75) is 37.2 Å². The number of nitrogens with zero attached hydrogens (tertiary/aromatic N) is 1. The number of hydrogen-bond donors (Lipinski definition) is 1. The first-order valence-electron chi connectivity index (χ1n) is 8.58. The zero-order chi connectivity index (χ0) is 21.5. The molecule has 2 heterocycles. The lowest BCUT2D eigenvalue weighted by molar-refractivity contribution is -0.212. The molecule has 2 amide bonds. The van der Waals surface area contributed by atoms with E-state index in [1.807, 2.05) is 0 Å². The maximum Gasteiger partial charge on any atom is 0.411 e. The first-order valence-corrected chi connectivity index (χ1v) is 8.96. The minimum absolute atomic E-state index is 0.210. The van der Waals surface area contributed by atoms with E-state index in [1.165, 1.54) is 0 Å². The number of hydrogen-bond acceptors (Lipinski definition) is 4. The second kappa shape index (κ2) is 7.94. The average Bonchev–Trinajstić information content (AvgIpc) is 3.03. The Morgan fingerprint density at radius 1 is 1.24 bits per heavy atom. The summed E-state index contributed by atoms with van der Waals surface area (Å²) >= 11 is 5.62. The lowest BCUT2D eigenvalue weighted by Gasteiger charge is -2.39. The van der Waals surface area contributed by atoms with Gasteiger partial charge in [0, 0.05) is 5.56 Å². The first-order chi connectivity index (χ1) is 13.5. The van der Waals surface area contributed by atoms with Gasteiger partial charge in [0.1, 0.15) is 29.3 Å². The van der Waals surface area contributed by atoms with Crippen LogP contribution in [0.2, 0.25) is 5.02 Å². The second-order valence-electron chi connectivity index (χ2n) is 6.80. The number of ether oxygens (including phenoxy) is 2. The molecule has 0 spiro atoms. The molecule has 2 aliphatic rings. The molecule has 2 N–H and O–H groups in total. The Balaban J connectivity index is 2.01. The zero-order valence-corrected chi connectivity index (χ0v) is 15.5. The van der Waals surface area contributed by atoms with Crippen molar-refractivity contribution >= 4 is 23.6 Å². The van der Waals surface area contributed by atoms with E-state index in [2.05, 4.69) is 0 Å². The van der Waals surface area contributed by atoms with E-state index in [0.717, 1.165) is 17.0 Å². The van der Waals surface area contributed by atoms with Gasteiger partial charge < -0.3 is 15.2 Å². The lowest BCUT2D eigenvalue weighted by Crippen LogP contribution is -2.50. The summed E-state index contributed by atoms with van der Waals surface area (Å²) in [5.74, 6) is -4.97. The summed E-state index contributed by atoms with van der Waals surface area (Å²) < 4.78 is 77.3. The van der Waals surface area contributed by atoms with E-state index in [-0.39, 0.29) is 18.4 Å². The molecule has 1 unspecified atom stereocenters. The number of carbonyl (C=O) groups is 2. The van der Waals surface area contributed by atoms with Gasteiger partial charge in [-0.1, -0.05) is 17.7 Å². The number of halogens is 6. The number of nitrogens with two attached hydrogens (primary N) is 1. The molecule has 2 aliphatic heterocycles. The van der Waals surface area contributed by atoms with Gasteiger partial charge in [-0.05, 0) is 18.9 Å². The fourth-order valence-corrected chi connectivity index (χ4v) is 3.71. The quantitative estimate of drug-likeness (QED) is 0.573. The maximum atomic E-state index is 14.7. The van der Waals surface area contributed by atoms with Crippen molar-refractivity contribution in [1.29, 1.82) is 0 Å². The van der Waals surface area contributed by atoms with E-state index in [4.69, 9.17) is 26.8 Å². The number of alkyl halides is 3. The van der Waals surface area contributed by atoms with Crippen LogP contribution in [0.1, 0.15) is 24.4 Å². The number of carbonyl (C=O) groups excluding carboxylic acids is 2. The molecular formula is C17H16ClF5N2O4. The summed E-state index contributed by atoms with van der Waals surface area (Å²) in [4.78, 5) is 24.8. The molecule has 1 aromatic carbocycles. The average molecular weight is 443 g/mol. The minimum Gasteiger partial charge on any atom is -0.447 e. The van der Waals surface area contributed by atoms with Gasteiger partial charge in [0.25, 0.3) is 0 Å². The SMILES string of the molecule is NC(=O)C1COC(=O)N1[C@@H](c1ccc(F)c(Cl)c1F)[C@@H]1CC[C@@H](C(F)(F)F)CO1. The van der Waals surface area contributed by atoms with E-state index < -0.39 is 72.2 Å². The predicted molar refractivity (Wildman–Crippen MR) is 88.8 cm³/mol. The minimum atomic E-state index is -4.48. The largest absolute Gasteiger partial charge is 0.447 e. The zero-order valence-electron chi connectivity index (χ0n) is 14.7. The van der Waals surface area contributed by atoms with Gasteiger partial charge in [0.05, 0.1) is 24.7 Å². The summed E-state index contributed by atoms with van der Waals surface area (Å²) in [6, 6.07) is -0.866. The predicted octanol–water partition coefficient (Wildman–Crippen LogP) is 3.32. The summed E-state index contributed by atoms with van der Waals surface area (Å²) in [6.07, 6.45) is -7.19. The Morgan fingerprint density at radius 2 is 1.93 bits per heavy atom. The fraction of sp³-hybridized carbons (Fsp3) is 0.529. The molecular weight excluding hydrogens is 427 g/mol. The van der Waals surface area contributed by atoms with Crippen LogP contribution in [-0.4, -0.2) is 48.4 Å². The van der Waals surface area contributed by atoms with E-state index in [9.17, 15) is 31.5 Å². The third kappa shape index (κ3) is 4.11. The Bertz CT molecular complexity index is 814. The highest BCUT2D eigenvalue weighted by atomic mass is 35.5. The van der Waals surface area contributed by atoms with E-state index >= 15 is 0 Å². The topological polar surface area (TPSA) is 81.9 Å². The molecule has 0 bridgehead atoms. The van der Waals surface area contributed by atoms with Gasteiger partial charge >= 0.3 is 12.3 Å². The van der Waals surface area contributed by atoms with Gasteiger partial charge in [0.2, 0.25) is 5.91 Å². The highest BCUT2D eigenvalue weighted by Gasteiger charge is 2.49. The summed E-state index contributed by atoms with van der Waals surface area (Å²) in [5.41, 5.74) is 4.96. The Hall–Kier alpha value is -2.14. The van der Waals surface area contributed by atoms with Gasteiger partial charge in [-0.2, -0.15) is 13.2 Å². The van der Waals surface area contributed by atoms with Gasteiger partial charge in [-0.15, -0.1) is 0 Å². The number of primary amides is 1. The lowest BCUT2D eigenvalue weighted by atomic mass is 9.89. The summed E-state index contributed by atoms with van der Waals surface area (Å²) in [7, 11) is 0. The van der Waals surface area contributed by atoms with E-state index in [0.29, 0.717) is 0 Å². The van der Waals surface area contributed by atoms with Crippen LogP contribution in [0.5, 0.6) is 0 Å². The molecule has 1 aromatic rings. The number of amides is 2. The van der Waals surface area contributed by atoms with Crippen LogP contribution < -0.4 is 5.73 Å². The summed E-state index contributed by atoms with van der Waals surface area (Å²) in [6.45, 7) is -1.13. The van der Waals surface area contributed by atoms with Crippen LogP contribution in [-0.2, 0) is 14.3 Å². The Kier molecular flexibility index (Phi) is 5.91. The highest BCUT2D eigenvalue weighted by Crippen LogP contribution is 2.42. The maximum absolute atomic E-state index is 14.7. The number of benzene rings is 1. The normalized spacial score (nSPS) is 26.3. The smallest absolute Gasteiger partial charge is 0.411 e. The molecule has 160 valence electrons. The summed E-state index contributed by atoms with van der Waals surface area (Å²) in [5, 5.41) is -0.861. The third-order valence-corrected chi connectivity index (χ3v) is 5.40. The standard InChI is InChI=1S/C17H16ClF5N2O4/c18-12-9(19)3-2-8(13(12)20)14(25-10(15(24)26)6-29-16(25)27)11-4-1-7(5-28-11)17(21,22)23/h2-3,7,10-11,14H,1,4-6H2,(H2,24,26)/t7-,10?,11+,14+/m1/s1. The van der Waals surface area contributed by atoms with Gasteiger partial charge in [0.15, 0.2) is 0 Å². The second-order valence-corrected chi connectivity index (χ2v) is 7.18. The van der Waals surface area contributed by atoms with Crippen LogP contribution >= 0.6 is 11.6 Å². The monoisotopic (exact) mass is 442 g/mol. The molecule has 4 atom stereocenters. The van der Waals surface area contributed by atoms with Crippen molar-refractivity contribution in [3.05, 3.63) is 34.4 Å². The van der Waals surface area contributed by atoms with Crippen molar-refractivity contribution < 1.29 is 41.0 Å². The molecule has 12 heteroatoms. The van der Waals surface area contributed by atoms with Gasteiger partial charge in [-0.25, -0.2) is 13.6 Å². The Morgan fingerprint density at radius 3 is 2.48 bits per heavy atom. The molecule has 6 nitrogen and oxygen atoms in total. The molecule has 3 rings (SSSR count). The first kappa shape index (κ1) is 21.6. The van der Waals surface area contributed by atoms with Crippen molar-refractivity contribution in [2.75, 3.05) is 13.2 Å². The van der Waals surface area contributed by atoms with Gasteiger partial charge in [-0.3, -0.25) is 9.69 Å². The van der Waals surface area contributed by atoms with Crippen LogP contribution in [0.15, 0.2) is 12.1 Å². The third-order valence-electron chi connectivity index (χ3n) is 5.05. The van der Waals surface area contributed by atoms with Crippen LogP contribution in [0.4, 0.5) is 26.7 Å². The molecule has 0 aliphatic carbocycles. The van der Waals surface area contributed by atoms with Crippen molar-refractivity contribution in [2.24, 2.45) is 11.7 Å². The van der Waals surface area contributed by atoms with Crippen LogP contribution in [0.3, 0.4) is 0 Å². The number of cyclic esters (lactones) is 1. The van der Waals surface area contributed by atoms with Crippen LogP contribution in [0, 0.1) is 17.6 Å². The van der Waals surface area contributed by atoms with Crippen molar-refractivity contribution in [1.82, 2.24) is 4.90 Å². The molecule has 2 fully saturated rings. The Labute approximate surface area is 166 Å². The van der Waals surface area contributed by atoms with Crippen molar-refractivity contribution in [3.63, 3.8) is 0 Å². The molecule has 29 heavy (non-hydrogen) atoms. The highest BCUT2D eigenvalue weighted by molar-refractivity contribution is 6.31. The molecule has 2 saturated heterocycles. The molecule has 0 saturated carbocycles. The fourth-order valence-electron chi connectivity index (χ4n) is 3.54. The molecule has 0 aromatic heterocycles.